The predicted molar refractivity (Wildman–Crippen MR) is 126 cm³/mol. The standard InChI is InChI=1S/C23H34ClN5S/c1-26(20-13-14-20)15-6-16-28-23(30)29(21-11-9-18(24)10-12-21)22(25-28)17-27(2)19-7-4-3-5-8-19/h9-12,19-20H,3-8,13-17H2,1-2H3. The van der Waals surface area contributed by atoms with E-state index in [-0.39, 0.29) is 0 Å². The van der Waals surface area contributed by atoms with Crippen molar-refractivity contribution in [2.75, 3.05) is 20.6 Å². The number of hydrogen-bond donors (Lipinski definition) is 0. The summed E-state index contributed by atoms with van der Waals surface area (Å²) in [5, 5.41) is 5.72. The maximum absolute atomic E-state index is 6.13. The van der Waals surface area contributed by atoms with Crippen LogP contribution < -0.4 is 0 Å². The summed E-state index contributed by atoms with van der Waals surface area (Å²) >= 11 is 12.0. The van der Waals surface area contributed by atoms with Crippen molar-refractivity contribution in [1.82, 2.24) is 24.1 Å². The van der Waals surface area contributed by atoms with Gasteiger partial charge in [-0.1, -0.05) is 30.9 Å². The van der Waals surface area contributed by atoms with Crippen LogP contribution in [0.2, 0.25) is 5.02 Å². The number of rotatable bonds is 9. The molecule has 0 N–H and O–H groups in total. The number of hydrogen-bond acceptors (Lipinski definition) is 4. The molecule has 30 heavy (non-hydrogen) atoms. The van der Waals surface area contributed by atoms with Crippen LogP contribution in [0.25, 0.3) is 5.69 Å². The lowest BCUT2D eigenvalue weighted by Gasteiger charge is -2.30. The zero-order valence-electron chi connectivity index (χ0n) is 18.3. The Bertz CT molecular complexity index is 880. The van der Waals surface area contributed by atoms with E-state index in [0.717, 1.165) is 53.4 Å². The van der Waals surface area contributed by atoms with E-state index >= 15 is 0 Å². The highest BCUT2D eigenvalue weighted by Gasteiger charge is 2.25. The topological polar surface area (TPSA) is 29.2 Å². The monoisotopic (exact) mass is 447 g/mol. The predicted octanol–water partition coefficient (Wildman–Crippen LogP) is 5.31. The minimum Gasteiger partial charge on any atom is -0.303 e. The number of nitrogens with zero attached hydrogens (tertiary/aromatic N) is 5. The van der Waals surface area contributed by atoms with Crippen molar-refractivity contribution in [2.45, 2.75) is 76.5 Å². The van der Waals surface area contributed by atoms with E-state index < -0.39 is 0 Å². The maximum Gasteiger partial charge on any atom is 0.202 e. The molecule has 4 rings (SSSR count). The third-order valence-electron chi connectivity index (χ3n) is 6.63. The molecule has 0 unspecified atom stereocenters. The van der Waals surface area contributed by atoms with Gasteiger partial charge in [0.15, 0.2) is 5.82 Å². The summed E-state index contributed by atoms with van der Waals surface area (Å²) in [6, 6.07) is 9.36. The summed E-state index contributed by atoms with van der Waals surface area (Å²) in [5.74, 6) is 1.02. The molecule has 0 saturated heterocycles. The molecule has 1 aromatic heterocycles. The molecular weight excluding hydrogens is 414 g/mol. The Morgan fingerprint density at radius 3 is 2.33 bits per heavy atom. The van der Waals surface area contributed by atoms with Gasteiger partial charge in [0.05, 0.1) is 6.54 Å². The van der Waals surface area contributed by atoms with Crippen LogP contribution in [0.1, 0.15) is 57.2 Å². The summed E-state index contributed by atoms with van der Waals surface area (Å²) in [6.07, 6.45) is 10.4. The minimum atomic E-state index is 0.642. The Balaban J connectivity index is 1.54. The molecule has 164 valence electrons. The Hall–Kier alpha value is -1.21. The molecule has 5 nitrogen and oxygen atoms in total. The molecule has 0 radical (unpaired) electrons. The summed E-state index contributed by atoms with van der Waals surface area (Å²) in [4.78, 5) is 4.94. The molecule has 2 aliphatic rings. The summed E-state index contributed by atoms with van der Waals surface area (Å²) in [5.41, 5.74) is 1.04. The van der Waals surface area contributed by atoms with E-state index in [1.54, 1.807) is 0 Å². The number of benzene rings is 1. The van der Waals surface area contributed by atoms with E-state index in [2.05, 4.69) is 28.5 Å². The van der Waals surface area contributed by atoms with Gasteiger partial charge in [0, 0.05) is 29.3 Å². The minimum absolute atomic E-state index is 0.642. The highest BCUT2D eigenvalue weighted by atomic mass is 35.5. The van der Waals surface area contributed by atoms with Crippen LogP contribution in [0.4, 0.5) is 0 Å². The molecule has 1 aromatic carbocycles. The van der Waals surface area contributed by atoms with Crippen molar-refractivity contribution in [3.63, 3.8) is 0 Å². The molecule has 0 aliphatic heterocycles. The molecule has 0 amide bonds. The van der Waals surface area contributed by atoms with Gasteiger partial charge in [0.25, 0.3) is 0 Å². The lowest BCUT2D eigenvalue weighted by molar-refractivity contribution is 0.179. The second-order valence-electron chi connectivity index (χ2n) is 9.01. The van der Waals surface area contributed by atoms with Crippen LogP contribution in [-0.2, 0) is 13.1 Å². The molecule has 2 aliphatic carbocycles. The van der Waals surface area contributed by atoms with Gasteiger partial charge in [-0.2, -0.15) is 5.10 Å². The van der Waals surface area contributed by atoms with Crippen molar-refractivity contribution < 1.29 is 0 Å². The highest BCUT2D eigenvalue weighted by molar-refractivity contribution is 7.71. The van der Waals surface area contributed by atoms with Gasteiger partial charge in [0.1, 0.15) is 0 Å². The summed E-state index contributed by atoms with van der Waals surface area (Å²) in [7, 11) is 4.46. The normalized spacial score (nSPS) is 17.9. The van der Waals surface area contributed by atoms with Gasteiger partial charge in [0.2, 0.25) is 4.77 Å². The van der Waals surface area contributed by atoms with Crippen LogP contribution in [-0.4, -0.2) is 56.9 Å². The third kappa shape index (κ3) is 5.34. The van der Waals surface area contributed by atoms with E-state index in [1.165, 1.54) is 44.9 Å². The first-order chi connectivity index (χ1) is 14.5. The summed E-state index contributed by atoms with van der Waals surface area (Å²) in [6.45, 7) is 2.76. The molecule has 0 bridgehead atoms. The number of aryl methyl sites for hydroxylation is 1. The lowest BCUT2D eigenvalue weighted by atomic mass is 9.94. The van der Waals surface area contributed by atoms with E-state index in [9.17, 15) is 0 Å². The largest absolute Gasteiger partial charge is 0.303 e. The quantitative estimate of drug-likeness (QED) is 0.487. The highest BCUT2D eigenvalue weighted by Crippen LogP contribution is 2.26. The first-order valence-corrected chi connectivity index (χ1v) is 12.2. The zero-order valence-corrected chi connectivity index (χ0v) is 19.8. The second-order valence-corrected chi connectivity index (χ2v) is 9.81. The Morgan fingerprint density at radius 1 is 1.00 bits per heavy atom. The fourth-order valence-corrected chi connectivity index (χ4v) is 5.06. The van der Waals surface area contributed by atoms with Crippen LogP contribution in [0.5, 0.6) is 0 Å². The fraction of sp³-hybridized carbons (Fsp3) is 0.652. The van der Waals surface area contributed by atoms with Crippen LogP contribution in [0.15, 0.2) is 24.3 Å². The van der Waals surface area contributed by atoms with Crippen LogP contribution in [0.3, 0.4) is 0 Å². The number of aromatic nitrogens is 3. The molecular formula is C23H34ClN5S. The Morgan fingerprint density at radius 2 is 1.67 bits per heavy atom. The molecule has 2 saturated carbocycles. The van der Waals surface area contributed by atoms with Crippen LogP contribution >= 0.6 is 23.8 Å². The molecule has 0 spiro atoms. The van der Waals surface area contributed by atoms with E-state index in [1.807, 2.05) is 28.9 Å². The van der Waals surface area contributed by atoms with Gasteiger partial charge in [-0.3, -0.25) is 9.47 Å². The molecule has 7 heteroatoms. The van der Waals surface area contributed by atoms with Gasteiger partial charge in [-0.25, -0.2) is 4.68 Å². The van der Waals surface area contributed by atoms with E-state index in [0.29, 0.717) is 6.04 Å². The Kier molecular flexibility index (Phi) is 7.29. The molecule has 0 atom stereocenters. The van der Waals surface area contributed by atoms with E-state index in [4.69, 9.17) is 28.9 Å². The lowest BCUT2D eigenvalue weighted by Crippen LogP contribution is -2.33. The first kappa shape index (κ1) is 22.0. The van der Waals surface area contributed by atoms with Crippen molar-refractivity contribution in [3.8, 4) is 5.69 Å². The third-order valence-corrected chi connectivity index (χ3v) is 7.28. The van der Waals surface area contributed by atoms with Crippen molar-refractivity contribution in [1.29, 1.82) is 0 Å². The van der Waals surface area contributed by atoms with Crippen LogP contribution in [0, 0.1) is 4.77 Å². The van der Waals surface area contributed by atoms with Gasteiger partial charge < -0.3 is 4.90 Å². The SMILES string of the molecule is CN(CCCn1nc(CN(C)C2CCCCC2)n(-c2ccc(Cl)cc2)c1=S)C1CC1. The average molecular weight is 448 g/mol. The maximum atomic E-state index is 6.13. The van der Waals surface area contributed by atoms with Gasteiger partial charge in [-0.15, -0.1) is 0 Å². The zero-order chi connectivity index (χ0) is 21.1. The molecule has 2 aromatic rings. The van der Waals surface area contributed by atoms with Gasteiger partial charge >= 0.3 is 0 Å². The fourth-order valence-electron chi connectivity index (χ4n) is 4.59. The van der Waals surface area contributed by atoms with Crippen molar-refractivity contribution >= 4 is 23.8 Å². The second kappa shape index (κ2) is 9.94. The Labute approximate surface area is 190 Å². The first-order valence-electron chi connectivity index (χ1n) is 11.4. The van der Waals surface area contributed by atoms with Crippen molar-refractivity contribution in [2.24, 2.45) is 0 Å². The van der Waals surface area contributed by atoms with Crippen molar-refractivity contribution in [3.05, 3.63) is 39.9 Å². The average Bonchev–Trinajstić information content (AvgIpc) is 3.56. The van der Waals surface area contributed by atoms with Gasteiger partial charge in [-0.05, 0) is 89.2 Å². The smallest absolute Gasteiger partial charge is 0.202 e. The molecule has 2 fully saturated rings. The number of halogens is 1. The molecule has 1 heterocycles. The summed E-state index contributed by atoms with van der Waals surface area (Å²) < 4.78 is 4.93.